The number of hydrogen-bond acceptors (Lipinski definition) is 7. The van der Waals surface area contributed by atoms with Gasteiger partial charge in [-0.2, -0.15) is 11.8 Å². The Balaban J connectivity index is 1.77. The van der Waals surface area contributed by atoms with Crippen LogP contribution in [-0.2, 0) is 6.61 Å². The van der Waals surface area contributed by atoms with Gasteiger partial charge < -0.3 is 19.8 Å². The smallest absolute Gasteiger partial charge is 0.256 e. The lowest BCUT2D eigenvalue weighted by Gasteiger charge is -2.35. The van der Waals surface area contributed by atoms with Crippen LogP contribution in [0.1, 0.15) is 26.4 Å². The number of rotatable bonds is 6. The maximum absolute atomic E-state index is 13.0. The number of ether oxygens (including phenoxy) is 1. The first-order valence-corrected chi connectivity index (χ1v) is 9.64. The summed E-state index contributed by atoms with van der Waals surface area (Å²) in [6.07, 6.45) is 2.09. The van der Waals surface area contributed by atoms with Gasteiger partial charge in [0, 0.05) is 24.2 Å². The van der Waals surface area contributed by atoms with E-state index in [0.29, 0.717) is 29.8 Å². The highest BCUT2D eigenvalue weighted by Crippen LogP contribution is 2.27. The Kier molecular flexibility index (Phi) is 6.31. The van der Waals surface area contributed by atoms with Crippen molar-refractivity contribution in [3.63, 3.8) is 0 Å². The number of carbonyl (C=O) groups is 2. The predicted octanol–water partition coefficient (Wildman–Crippen LogP) is 1.73. The van der Waals surface area contributed by atoms with Crippen molar-refractivity contribution in [2.24, 2.45) is 0 Å². The molecule has 0 radical (unpaired) electrons. The Morgan fingerprint density at radius 2 is 2.22 bits per heavy atom. The van der Waals surface area contributed by atoms with Gasteiger partial charge in [-0.1, -0.05) is 6.07 Å². The molecule has 1 aromatic carbocycles. The van der Waals surface area contributed by atoms with E-state index in [1.54, 1.807) is 40.9 Å². The molecule has 2 heterocycles. The van der Waals surface area contributed by atoms with Crippen LogP contribution in [0.3, 0.4) is 0 Å². The van der Waals surface area contributed by atoms with Gasteiger partial charge in [-0.05, 0) is 24.3 Å². The Morgan fingerprint density at radius 3 is 3.00 bits per heavy atom. The van der Waals surface area contributed by atoms with E-state index >= 15 is 0 Å². The van der Waals surface area contributed by atoms with Crippen molar-refractivity contribution >= 4 is 24.0 Å². The van der Waals surface area contributed by atoms with Crippen LogP contribution in [0.15, 0.2) is 36.5 Å². The van der Waals surface area contributed by atoms with Crippen molar-refractivity contribution in [3.05, 3.63) is 53.3 Å². The van der Waals surface area contributed by atoms with Gasteiger partial charge in [0.25, 0.3) is 5.91 Å². The minimum atomic E-state index is -0.308. The van der Waals surface area contributed by atoms with Crippen molar-refractivity contribution < 1.29 is 24.5 Å². The fourth-order valence-corrected chi connectivity index (χ4v) is 3.98. The van der Waals surface area contributed by atoms with Crippen LogP contribution in [0.25, 0.3) is 0 Å². The Hall–Kier alpha value is -2.58. The zero-order chi connectivity index (χ0) is 19.2. The lowest BCUT2D eigenvalue weighted by atomic mass is 10.1. The molecule has 0 aliphatic carbocycles. The molecule has 1 atom stereocenters. The number of nitrogens with zero attached hydrogens (tertiary/aromatic N) is 2. The first-order chi connectivity index (χ1) is 13.2. The van der Waals surface area contributed by atoms with E-state index < -0.39 is 0 Å². The van der Waals surface area contributed by atoms with E-state index in [1.165, 1.54) is 12.3 Å². The normalized spacial score (nSPS) is 16.8. The monoisotopic (exact) mass is 388 g/mol. The highest BCUT2D eigenvalue weighted by molar-refractivity contribution is 7.99. The molecule has 142 valence electrons. The number of thioether (sulfide) groups is 1. The predicted molar refractivity (Wildman–Crippen MR) is 101 cm³/mol. The van der Waals surface area contributed by atoms with E-state index in [4.69, 9.17) is 4.74 Å². The highest BCUT2D eigenvalue weighted by Gasteiger charge is 2.30. The fourth-order valence-electron chi connectivity index (χ4n) is 2.94. The lowest BCUT2D eigenvalue weighted by Crippen LogP contribution is -2.49. The number of benzene rings is 1. The molecule has 8 heteroatoms. The Labute approximate surface area is 161 Å². The maximum Gasteiger partial charge on any atom is 0.256 e. The minimum Gasteiger partial charge on any atom is -0.507 e. The minimum absolute atomic E-state index is 0.0914. The molecular weight excluding hydrogens is 368 g/mol. The van der Waals surface area contributed by atoms with Gasteiger partial charge in [0.1, 0.15) is 18.1 Å². The van der Waals surface area contributed by atoms with Gasteiger partial charge >= 0.3 is 0 Å². The zero-order valence-corrected chi connectivity index (χ0v) is 15.4. The molecule has 0 spiro atoms. The van der Waals surface area contributed by atoms with Crippen LogP contribution in [0, 0.1) is 0 Å². The molecule has 1 aliphatic heterocycles. The number of aromatic nitrogens is 1. The summed E-state index contributed by atoms with van der Waals surface area (Å²) >= 11 is 1.72. The second kappa shape index (κ2) is 8.88. The second-order valence-electron chi connectivity index (χ2n) is 6.00. The molecule has 1 aliphatic rings. The van der Waals surface area contributed by atoms with Crippen molar-refractivity contribution in [2.45, 2.75) is 12.6 Å². The van der Waals surface area contributed by atoms with Gasteiger partial charge in [-0.25, -0.2) is 0 Å². The maximum atomic E-state index is 13.0. The molecule has 1 amide bonds. The summed E-state index contributed by atoms with van der Waals surface area (Å²) in [6.45, 7) is 0.438. The number of aliphatic hydroxyl groups is 1. The van der Waals surface area contributed by atoms with Crippen molar-refractivity contribution in [3.8, 4) is 11.5 Å². The third-order valence-electron chi connectivity index (χ3n) is 4.35. The van der Waals surface area contributed by atoms with Gasteiger partial charge in [-0.15, -0.1) is 0 Å². The summed E-state index contributed by atoms with van der Waals surface area (Å²) in [5.41, 5.74) is 0.813. The van der Waals surface area contributed by atoms with Crippen LogP contribution in [0.5, 0.6) is 11.5 Å². The summed E-state index contributed by atoms with van der Waals surface area (Å²) in [5, 5.41) is 19.2. The van der Waals surface area contributed by atoms with Crippen LogP contribution in [0.2, 0.25) is 0 Å². The number of phenols is 1. The van der Waals surface area contributed by atoms with Crippen molar-refractivity contribution in [2.75, 3.05) is 24.7 Å². The number of phenolic OH excluding ortho intramolecular Hbond substituents is 1. The number of amides is 1. The molecule has 1 saturated heterocycles. The quantitative estimate of drug-likeness (QED) is 0.727. The highest BCUT2D eigenvalue weighted by atomic mass is 32.2. The lowest BCUT2D eigenvalue weighted by molar-refractivity contribution is 0.0643. The number of hydrogen-bond donors (Lipinski definition) is 2. The molecule has 0 unspecified atom stereocenters. The van der Waals surface area contributed by atoms with Gasteiger partial charge in [-0.3, -0.25) is 14.6 Å². The summed E-state index contributed by atoms with van der Waals surface area (Å²) < 4.78 is 5.76. The van der Waals surface area contributed by atoms with E-state index in [-0.39, 0.29) is 42.2 Å². The second-order valence-corrected chi connectivity index (χ2v) is 7.15. The molecule has 3 rings (SSSR count). The molecule has 0 bridgehead atoms. The van der Waals surface area contributed by atoms with Gasteiger partial charge in [0.05, 0.1) is 29.5 Å². The molecule has 0 saturated carbocycles. The molecule has 1 aromatic heterocycles. The number of aldehydes is 1. The van der Waals surface area contributed by atoms with Crippen LogP contribution < -0.4 is 4.74 Å². The van der Waals surface area contributed by atoms with Gasteiger partial charge in [0.15, 0.2) is 6.29 Å². The first kappa shape index (κ1) is 19.2. The SMILES string of the molecule is O=Cc1c(O)cccc1OC[C@@H]1CSCCN1C(=O)c1cccnc1CO. The van der Waals surface area contributed by atoms with Crippen molar-refractivity contribution in [1.82, 2.24) is 9.88 Å². The summed E-state index contributed by atoms with van der Waals surface area (Å²) in [7, 11) is 0. The number of carbonyl (C=O) groups excluding carboxylic acids is 2. The Morgan fingerprint density at radius 1 is 1.37 bits per heavy atom. The third-order valence-corrected chi connectivity index (χ3v) is 5.44. The number of aliphatic hydroxyl groups excluding tert-OH is 1. The molecule has 2 aromatic rings. The van der Waals surface area contributed by atoms with Gasteiger partial charge in [0.2, 0.25) is 0 Å². The zero-order valence-electron chi connectivity index (χ0n) is 14.6. The van der Waals surface area contributed by atoms with Crippen molar-refractivity contribution in [1.29, 1.82) is 0 Å². The molecule has 7 nitrogen and oxygen atoms in total. The van der Waals surface area contributed by atoms with Crippen LogP contribution >= 0.6 is 11.8 Å². The number of pyridine rings is 1. The molecule has 1 fully saturated rings. The summed E-state index contributed by atoms with van der Waals surface area (Å²) in [5.74, 6) is 1.44. The summed E-state index contributed by atoms with van der Waals surface area (Å²) in [6, 6.07) is 7.74. The summed E-state index contributed by atoms with van der Waals surface area (Å²) in [4.78, 5) is 30.0. The third kappa shape index (κ3) is 4.23. The molecule has 27 heavy (non-hydrogen) atoms. The average Bonchev–Trinajstić information content (AvgIpc) is 2.72. The largest absolute Gasteiger partial charge is 0.507 e. The van der Waals surface area contributed by atoms with E-state index in [2.05, 4.69) is 4.98 Å². The number of aromatic hydroxyl groups is 1. The van der Waals surface area contributed by atoms with E-state index in [1.807, 2.05) is 0 Å². The first-order valence-electron chi connectivity index (χ1n) is 8.49. The standard InChI is InChI=1S/C19H20N2O5S/c22-9-15-17(24)4-1-5-18(15)26-11-13-12-27-8-7-21(13)19(25)14-3-2-6-20-16(14)10-23/h1-6,9,13,23-24H,7-8,10-12H2/t13-/m1/s1. The molecular formula is C19H20N2O5S. The molecule has 2 N–H and O–H groups in total. The average molecular weight is 388 g/mol. The van der Waals surface area contributed by atoms with E-state index in [0.717, 1.165) is 5.75 Å². The Bertz CT molecular complexity index is 829. The topological polar surface area (TPSA) is 100.0 Å². The van der Waals surface area contributed by atoms with Crippen LogP contribution in [0.4, 0.5) is 0 Å². The fraction of sp³-hybridized carbons (Fsp3) is 0.316. The van der Waals surface area contributed by atoms with Crippen LogP contribution in [-0.4, -0.2) is 63.0 Å². The van der Waals surface area contributed by atoms with E-state index in [9.17, 15) is 19.8 Å².